The highest BCUT2D eigenvalue weighted by Gasteiger charge is 2.13. The molecule has 0 atom stereocenters. The standard InChI is InChI=1S/C13H18N2O3.ClH/c14-6-1-3-11(15-16)10-4-5-12-13(9-10)18-8-2-7-17-12;/h4-5,9,16H,1-3,6-8,14H2;1H/b15-11-;. The van der Waals surface area contributed by atoms with Gasteiger partial charge in [0, 0.05) is 12.0 Å². The molecule has 0 saturated carbocycles. The van der Waals surface area contributed by atoms with Crippen LogP contribution in [0.1, 0.15) is 24.8 Å². The maximum atomic E-state index is 9.04. The van der Waals surface area contributed by atoms with Crippen molar-refractivity contribution in [3.63, 3.8) is 0 Å². The van der Waals surface area contributed by atoms with Crippen LogP contribution in [0.15, 0.2) is 23.4 Å². The van der Waals surface area contributed by atoms with Gasteiger partial charge in [-0.2, -0.15) is 0 Å². The van der Waals surface area contributed by atoms with Crippen LogP contribution in [0.5, 0.6) is 11.5 Å². The van der Waals surface area contributed by atoms with Crippen molar-refractivity contribution < 1.29 is 14.7 Å². The van der Waals surface area contributed by atoms with E-state index in [0.717, 1.165) is 24.2 Å². The van der Waals surface area contributed by atoms with Gasteiger partial charge in [-0.05, 0) is 37.6 Å². The van der Waals surface area contributed by atoms with E-state index in [1.807, 2.05) is 18.2 Å². The molecule has 0 unspecified atom stereocenters. The van der Waals surface area contributed by atoms with Gasteiger partial charge in [0.1, 0.15) is 0 Å². The second-order valence-electron chi connectivity index (χ2n) is 4.15. The molecule has 6 heteroatoms. The first-order chi connectivity index (χ1) is 8.85. The molecule has 0 bridgehead atoms. The summed E-state index contributed by atoms with van der Waals surface area (Å²) in [6, 6.07) is 5.58. The number of ether oxygens (including phenoxy) is 2. The summed E-state index contributed by atoms with van der Waals surface area (Å²) in [6.45, 7) is 1.88. The average molecular weight is 287 g/mol. The summed E-state index contributed by atoms with van der Waals surface area (Å²) in [6.07, 6.45) is 2.30. The van der Waals surface area contributed by atoms with Gasteiger partial charge in [-0.25, -0.2) is 0 Å². The number of nitrogens with two attached hydrogens (primary N) is 1. The van der Waals surface area contributed by atoms with Gasteiger partial charge in [0.05, 0.1) is 18.9 Å². The highest BCUT2D eigenvalue weighted by Crippen LogP contribution is 2.30. The average Bonchev–Trinajstić information content (AvgIpc) is 2.64. The Labute approximate surface area is 118 Å². The SMILES string of the molecule is Cl.NCCC/C(=N/O)c1ccc2c(c1)OCCCO2. The van der Waals surface area contributed by atoms with Gasteiger partial charge in [-0.3, -0.25) is 0 Å². The van der Waals surface area contributed by atoms with Crippen LogP contribution in [0, 0.1) is 0 Å². The van der Waals surface area contributed by atoms with Crippen LogP contribution in [0.3, 0.4) is 0 Å². The van der Waals surface area contributed by atoms with Crippen LogP contribution in [0.2, 0.25) is 0 Å². The lowest BCUT2D eigenvalue weighted by molar-refractivity contribution is 0.297. The minimum Gasteiger partial charge on any atom is -0.490 e. The Morgan fingerprint density at radius 3 is 2.68 bits per heavy atom. The van der Waals surface area contributed by atoms with Crippen molar-refractivity contribution in [3.8, 4) is 11.5 Å². The van der Waals surface area contributed by atoms with E-state index in [9.17, 15) is 0 Å². The Morgan fingerprint density at radius 2 is 2.00 bits per heavy atom. The van der Waals surface area contributed by atoms with Crippen LogP contribution in [0.25, 0.3) is 0 Å². The summed E-state index contributed by atoms with van der Waals surface area (Å²) in [5.41, 5.74) is 6.92. The van der Waals surface area contributed by atoms with Gasteiger partial charge >= 0.3 is 0 Å². The molecule has 1 aromatic carbocycles. The molecular formula is C13H19ClN2O3. The first-order valence-electron chi connectivity index (χ1n) is 6.16. The molecule has 0 radical (unpaired) electrons. The lowest BCUT2D eigenvalue weighted by atomic mass is 10.1. The van der Waals surface area contributed by atoms with Crippen molar-refractivity contribution in [1.29, 1.82) is 0 Å². The number of benzene rings is 1. The van der Waals surface area contributed by atoms with Gasteiger partial charge in [-0.1, -0.05) is 5.16 Å². The summed E-state index contributed by atoms with van der Waals surface area (Å²) in [7, 11) is 0. The van der Waals surface area contributed by atoms with Gasteiger partial charge in [0.25, 0.3) is 0 Å². The van der Waals surface area contributed by atoms with Crippen molar-refractivity contribution >= 4 is 18.1 Å². The number of hydrogen-bond donors (Lipinski definition) is 2. The Hall–Kier alpha value is -1.46. The molecule has 0 saturated heterocycles. The molecule has 1 heterocycles. The van der Waals surface area contributed by atoms with E-state index < -0.39 is 0 Å². The molecule has 19 heavy (non-hydrogen) atoms. The van der Waals surface area contributed by atoms with Gasteiger partial charge < -0.3 is 20.4 Å². The van der Waals surface area contributed by atoms with E-state index in [2.05, 4.69) is 5.16 Å². The van der Waals surface area contributed by atoms with Crippen molar-refractivity contribution in [2.24, 2.45) is 10.9 Å². The number of oxime groups is 1. The molecule has 106 valence electrons. The Morgan fingerprint density at radius 1 is 1.26 bits per heavy atom. The molecule has 0 amide bonds. The quantitative estimate of drug-likeness (QED) is 0.505. The van der Waals surface area contributed by atoms with E-state index in [1.54, 1.807) is 0 Å². The molecule has 2 rings (SSSR count). The van der Waals surface area contributed by atoms with Crippen LogP contribution >= 0.6 is 12.4 Å². The normalized spacial score (nSPS) is 14.5. The fourth-order valence-corrected chi connectivity index (χ4v) is 1.86. The minimum absolute atomic E-state index is 0. The Balaban J connectivity index is 0.00000180. The Kier molecular flexibility index (Phi) is 6.45. The zero-order chi connectivity index (χ0) is 12.8. The highest BCUT2D eigenvalue weighted by molar-refractivity contribution is 6.00. The van der Waals surface area contributed by atoms with E-state index in [1.165, 1.54) is 0 Å². The molecule has 0 fully saturated rings. The molecule has 3 N–H and O–H groups in total. The smallest absolute Gasteiger partial charge is 0.161 e. The Bertz CT molecular complexity index is 438. The molecule has 0 spiro atoms. The number of hydrogen-bond acceptors (Lipinski definition) is 5. The fraction of sp³-hybridized carbons (Fsp3) is 0.462. The molecule has 1 aliphatic rings. The second-order valence-corrected chi connectivity index (χ2v) is 4.15. The summed E-state index contributed by atoms with van der Waals surface area (Å²) in [5, 5.41) is 12.4. The maximum absolute atomic E-state index is 9.04. The number of fused-ring (bicyclic) bond motifs is 1. The molecular weight excluding hydrogens is 268 g/mol. The third-order valence-corrected chi connectivity index (χ3v) is 2.82. The third-order valence-electron chi connectivity index (χ3n) is 2.82. The largest absolute Gasteiger partial charge is 0.490 e. The fourth-order valence-electron chi connectivity index (χ4n) is 1.86. The number of nitrogens with zero attached hydrogens (tertiary/aromatic N) is 1. The lowest BCUT2D eigenvalue weighted by Gasteiger charge is -2.10. The first kappa shape index (κ1) is 15.6. The predicted octanol–water partition coefficient (Wildman–Crippen LogP) is 2.19. The van der Waals surface area contributed by atoms with E-state index in [-0.39, 0.29) is 12.4 Å². The van der Waals surface area contributed by atoms with Crippen molar-refractivity contribution in [1.82, 2.24) is 0 Å². The van der Waals surface area contributed by atoms with Crippen molar-refractivity contribution in [2.75, 3.05) is 19.8 Å². The van der Waals surface area contributed by atoms with Crippen LogP contribution < -0.4 is 15.2 Å². The number of rotatable bonds is 4. The predicted molar refractivity (Wildman–Crippen MR) is 75.9 cm³/mol. The van der Waals surface area contributed by atoms with E-state index in [0.29, 0.717) is 37.6 Å². The van der Waals surface area contributed by atoms with E-state index in [4.69, 9.17) is 20.4 Å². The molecule has 1 aromatic rings. The summed E-state index contributed by atoms with van der Waals surface area (Å²) >= 11 is 0. The topological polar surface area (TPSA) is 77.1 Å². The molecule has 5 nitrogen and oxygen atoms in total. The first-order valence-corrected chi connectivity index (χ1v) is 6.16. The van der Waals surface area contributed by atoms with Crippen LogP contribution in [0.4, 0.5) is 0 Å². The summed E-state index contributed by atoms with van der Waals surface area (Å²) < 4.78 is 11.2. The monoisotopic (exact) mass is 286 g/mol. The van der Waals surface area contributed by atoms with Gasteiger partial charge in [0.15, 0.2) is 11.5 Å². The summed E-state index contributed by atoms with van der Waals surface area (Å²) in [5.74, 6) is 1.45. The van der Waals surface area contributed by atoms with Gasteiger partial charge in [0.2, 0.25) is 0 Å². The molecule has 1 aliphatic heterocycles. The van der Waals surface area contributed by atoms with Crippen molar-refractivity contribution in [2.45, 2.75) is 19.3 Å². The van der Waals surface area contributed by atoms with Gasteiger partial charge in [-0.15, -0.1) is 12.4 Å². The molecule has 0 aromatic heterocycles. The zero-order valence-electron chi connectivity index (χ0n) is 10.7. The van der Waals surface area contributed by atoms with Crippen LogP contribution in [-0.4, -0.2) is 30.7 Å². The zero-order valence-corrected chi connectivity index (χ0v) is 11.5. The van der Waals surface area contributed by atoms with Crippen LogP contribution in [-0.2, 0) is 0 Å². The third kappa shape index (κ3) is 4.01. The highest BCUT2D eigenvalue weighted by atomic mass is 35.5. The summed E-state index contributed by atoms with van der Waals surface area (Å²) in [4.78, 5) is 0. The molecule has 0 aliphatic carbocycles. The second kappa shape index (κ2) is 7.86. The van der Waals surface area contributed by atoms with Crippen molar-refractivity contribution in [3.05, 3.63) is 23.8 Å². The number of halogens is 1. The van der Waals surface area contributed by atoms with E-state index >= 15 is 0 Å². The minimum atomic E-state index is 0. The maximum Gasteiger partial charge on any atom is 0.161 e. The lowest BCUT2D eigenvalue weighted by Crippen LogP contribution is -2.06.